The summed E-state index contributed by atoms with van der Waals surface area (Å²) in [5.74, 6) is 0. The Morgan fingerprint density at radius 3 is 2.37 bits per heavy atom. The van der Waals surface area contributed by atoms with Crippen molar-refractivity contribution in [2.75, 3.05) is 13.1 Å². The van der Waals surface area contributed by atoms with Gasteiger partial charge >= 0.3 is 6.03 Å². The Bertz CT molecular complexity index is 432. The summed E-state index contributed by atoms with van der Waals surface area (Å²) in [5, 5.41) is 0. The third kappa shape index (κ3) is 4.98. The molecular weight excluding hydrogens is 266 g/mol. The third-order valence-electron chi connectivity index (χ3n) is 2.54. The van der Waals surface area contributed by atoms with Gasteiger partial charge in [0.2, 0.25) is 11.1 Å². The van der Waals surface area contributed by atoms with Crippen LogP contribution in [-0.2, 0) is 15.4 Å². The van der Waals surface area contributed by atoms with Crippen LogP contribution in [-0.4, -0.2) is 28.2 Å². The zero-order valence-corrected chi connectivity index (χ0v) is 12.1. The maximum Gasteiger partial charge on any atom is 0.333 e. The number of carbonyl (C=O) groups excluding carboxylic acids is 1. The molecule has 0 saturated carbocycles. The van der Waals surface area contributed by atoms with Crippen molar-refractivity contribution in [1.29, 1.82) is 0 Å². The molecule has 19 heavy (non-hydrogen) atoms. The molecule has 0 fully saturated rings. The van der Waals surface area contributed by atoms with E-state index >= 15 is 0 Å². The summed E-state index contributed by atoms with van der Waals surface area (Å²) in [5.41, 5.74) is 5.60. The molecule has 0 bridgehead atoms. The zero-order valence-electron chi connectivity index (χ0n) is 11.3. The molecule has 2 N–H and O–H groups in total. The van der Waals surface area contributed by atoms with Gasteiger partial charge in [0.25, 0.3) is 0 Å². The van der Waals surface area contributed by atoms with E-state index in [0.717, 1.165) is 5.56 Å². The molecular formula is C12H19N3O3S. The molecule has 0 aliphatic heterocycles. The second-order valence-electron chi connectivity index (χ2n) is 3.84. The molecule has 1 aromatic carbocycles. The molecule has 0 heterocycles. The van der Waals surface area contributed by atoms with E-state index in [9.17, 15) is 9.00 Å². The Morgan fingerprint density at radius 1 is 1.26 bits per heavy atom. The molecule has 0 aliphatic carbocycles. The SMILES string of the molecule is CCN(CC)C(=O)NNOS(=O)c1ccc(C)cc1. The van der Waals surface area contributed by atoms with Crippen molar-refractivity contribution in [3.8, 4) is 0 Å². The van der Waals surface area contributed by atoms with E-state index in [-0.39, 0.29) is 6.03 Å². The van der Waals surface area contributed by atoms with Gasteiger partial charge in [0.05, 0.1) is 4.90 Å². The van der Waals surface area contributed by atoms with Gasteiger partial charge in [-0.3, -0.25) is 0 Å². The molecule has 106 valence electrons. The Balaban J connectivity index is 2.39. The average molecular weight is 285 g/mol. The smallest absolute Gasteiger partial charge is 0.324 e. The monoisotopic (exact) mass is 285 g/mol. The minimum atomic E-state index is -1.67. The van der Waals surface area contributed by atoms with Gasteiger partial charge in [-0.15, -0.1) is 0 Å². The summed E-state index contributed by atoms with van der Waals surface area (Å²) >= 11 is -1.67. The predicted octanol–water partition coefficient (Wildman–Crippen LogP) is 1.51. The zero-order chi connectivity index (χ0) is 14.3. The average Bonchev–Trinajstić information content (AvgIpc) is 2.40. The van der Waals surface area contributed by atoms with E-state index < -0.39 is 11.1 Å². The van der Waals surface area contributed by atoms with Gasteiger partial charge in [0.1, 0.15) is 0 Å². The molecule has 0 spiro atoms. The first-order chi connectivity index (χ1) is 9.08. The summed E-state index contributed by atoms with van der Waals surface area (Å²) in [6.45, 7) is 6.86. The van der Waals surface area contributed by atoms with E-state index in [0.29, 0.717) is 18.0 Å². The van der Waals surface area contributed by atoms with Gasteiger partial charge in [0, 0.05) is 13.1 Å². The number of rotatable bonds is 6. The van der Waals surface area contributed by atoms with Crippen LogP contribution in [0, 0.1) is 6.92 Å². The van der Waals surface area contributed by atoms with E-state index in [4.69, 9.17) is 4.28 Å². The molecule has 1 unspecified atom stereocenters. The summed E-state index contributed by atoms with van der Waals surface area (Å²) in [7, 11) is 0. The van der Waals surface area contributed by atoms with Gasteiger partial charge < -0.3 is 4.90 Å². The molecule has 1 atom stereocenters. The van der Waals surface area contributed by atoms with Gasteiger partial charge in [-0.1, -0.05) is 23.3 Å². The van der Waals surface area contributed by atoms with Crippen molar-refractivity contribution >= 4 is 17.1 Å². The van der Waals surface area contributed by atoms with Crippen molar-refractivity contribution in [2.24, 2.45) is 0 Å². The van der Waals surface area contributed by atoms with Crippen LogP contribution in [0.1, 0.15) is 19.4 Å². The number of nitrogens with zero attached hydrogens (tertiary/aromatic N) is 1. The van der Waals surface area contributed by atoms with E-state index in [1.807, 2.05) is 32.9 Å². The van der Waals surface area contributed by atoms with Crippen molar-refractivity contribution in [1.82, 2.24) is 15.9 Å². The number of urea groups is 1. The number of hydrogen-bond acceptors (Lipinski definition) is 4. The standard InChI is InChI=1S/C12H19N3O3S/c1-4-15(5-2)12(16)13-14-18-19(17)11-8-6-10(3)7-9-11/h6-9,14H,4-5H2,1-3H3,(H,13,16). The highest BCUT2D eigenvalue weighted by molar-refractivity contribution is 7.80. The van der Waals surface area contributed by atoms with Gasteiger partial charge in [0.15, 0.2) is 0 Å². The lowest BCUT2D eigenvalue weighted by Crippen LogP contribution is -2.46. The lowest BCUT2D eigenvalue weighted by molar-refractivity contribution is 0.147. The minimum absolute atomic E-state index is 0.328. The topological polar surface area (TPSA) is 70.7 Å². The highest BCUT2D eigenvalue weighted by atomic mass is 32.2. The van der Waals surface area contributed by atoms with E-state index in [2.05, 4.69) is 11.0 Å². The normalized spacial score (nSPS) is 11.9. The number of hydrazine groups is 1. The van der Waals surface area contributed by atoms with E-state index in [1.165, 1.54) is 0 Å². The number of carbonyl (C=O) groups is 1. The van der Waals surface area contributed by atoms with Gasteiger partial charge in [-0.2, -0.15) is 4.28 Å². The maximum atomic E-state index is 11.7. The van der Waals surface area contributed by atoms with Crippen LogP contribution in [0.3, 0.4) is 0 Å². The predicted molar refractivity (Wildman–Crippen MR) is 73.3 cm³/mol. The van der Waals surface area contributed by atoms with Crippen molar-refractivity contribution in [3.05, 3.63) is 29.8 Å². The fraction of sp³-hybridized carbons (Fsp3) is 0.417. The summed E-state index contributed by atoms with van der Waals surface area (Å²) in [6, 6.07) is 6.76. The van der Waals surface area contributed by atoms with Crippen LogP contribution in [0.15, 0.2) is 29.2 Å². The Labute approximate surface area is 115 Å². The molecule has 0 aromatic heterocycles. The number of amides is 2. The maximum absolute atomic E-state index is 11.7. The fourth-order valence-electron chi connectivity index (χ4n) is 1.39. The molecule has 0 radical (unpaired) electrons. The largest absolute Gasteiger partial charge is 0.333 e. The molecule has 1 aromatic rings. The molecule has 7 heteroatoms. The van der Waals surface area contributed by atoms with Crippen LogP contribution in [0.5, 0.6) is 0 Å². The number of nitrogens with one attached hydrogen (secondary N) is 2. The Kier molecular flexibility index (Phi) is 6.48. The quantitative estimate of drug-likeness (QED) is 0.777. The first-order valence-electron chi connectivity index (χ1n) is 6.04. The highest BCUT2D eigenvalue weighted by Gasteiger charge is 2.09. The van der Waals surface area contributed by atoms with Crippen molar-refractivity contribution in [2.45, 2.75) is 25.7 Å². The summed E-state index contributed by atoms with van der Waals surface area (Å²) in [6.07, 6.45) is 0. The Hall–Kier alpha value is -1.44. The lowest BCUT2D eigenvalue weighted by atomic mass is 10.2. The van der Waals surface area contributed by atoms with Crippen LogP contribution in [0.2, 0.25) is 0 Å². The molecule has 2 amide bonds. The Morgan fingerprint density at radius 2 is 1.84 bits per heavy atom. The number of hydrogen-bond donors (Lipinski definition) is 2. The third-order valence-corrected chi connectivity index (χ3v) is 3.43. The first kappa shape index (κ1) is 15.6. The van der Waals surface area contributed by atoms with Crippen LogP contribution < -0.4 is 11.0 Å². The van der Waals surface area contributed by atoms with E-state index in [1.54, 1.807) is 17.0 Å². The second-order valence-corrected chi connectivity index (χ2v) is 4.94. The summed E-state index contributed by atoms with van der Waals surface area (Å²) < 4.78 is 16.5. The van der Waals surface area contributed by atoms with Crippen LogP contribution in [0.25, 0.3) is 0 Å². The molecule has 1 rings (SSSR count). The van der Waals surface area contributed by atoms with Crippen molar-refractivity contribution < 1.29 is 13.3 Å². The molecule has 6 nitrogen and oxygen atoms in total. The lowest BCUT2D eigenvalue weighted by Gasteiger charge is -2.18. The minimum Gasteiger partial charge on any atom is -0.324 e. The van der Waals surface area contributed by atoms with Gasteiger partial charge in [-0.05, 0) is 32.9 Å². The van der Waals surface area contributed by atoms with Gasteiger partial charge in [-0.25, -0.2) is 14.4 Å². The van der Waals surface area contributed by atoms with Crippen LogP contribution >= 0.6 is 0 Å². The first-order valence-corrected chi connectivity index (χ1v) is 7.11. The number of aryl methyl sites for hydroxylation is 1. The molecule has 0 saturated heterocycles. The highest BCUT2D eigenvalue weighted by Crippen LogP contribution is 2.07. The molecule has 0 aliphatic rings. The second kappa shape index (κ2) is 7.88. The fourth-order valence-corrected chi connectivity index (χ4v) is 1.96. The summed E-state index contributed by atoms with van der Waals surface area (Å²) in [4.78, 5) is 13.6. The van der Waals surface area contributed by atoms with Crippen LogP contribution in [0.4, 0.5) is 4.79 Å². The number of benzene rings is 1. The van der Waals surface area contributed by atoms with Crippen molar-refractivity contribution in [3.63, 3.8) is 0 Å².